The van der Waals surface area contributed by atoms with Gasteiger partial charge in [0.05, 0.1) is 46.9 Å². The van der Waals surface area contributed by atoms with E-state index in [-0.39, 0.29) is 60.4 Å². The van der Waals surface area contributed by atoms with E-state index in [0.29, 0.717) is 49.1 Å². The van der Waals surface area contributed by atoms with Gasteiger partial charge in [-0.15, -0.1) is 0 Å². The molecule has 3 fully saturated rings. The van der Waals surface area contributed by atoms with Crippen LogP contribution in [0.4, 0.5) is 29.7 Å². The molecule has 4 aromatic rings. The monoisotopic (exact) mass is 898 g/mol. The van der Waals surface area contributed by atoms with Crippen LogP contribution in [0, 0.1) is 0 Å². The lowest BCUT2D eigenvalue weighted by Gasteiger charge is -2.25. The Morgan fingerprint density at radius 3 is 2.16 bits per heavy atom. The Morgan fingerprint density at radius 1 is 0.906 bits per heavy atom. The second kappa shape index (κ2) is 19.6. The molecule has 1 saturated carbocycles. The van der Waals surface area contributed by atoms with Crippen LogP contribution in [0.2, 0.25) is 0 Å². The lowest BCUT2D eigenvalue weighted by atomic mass is 9.90. The first kappa shape index (κ1) is 45.7. The summed E-state index contributed by atoms with van der Waals surface area (Å²) in [6.45, 7) is 4.05. The number of imidazole rings is 1. The first-order chi connectivity index (χ1) is 30.7. The molecule has 0 spiro atoms. The number of anilines is 2. The van der Waals surface area contributed by atoms with Crippen LogP contribution in [-0.4, -0.2) is 140 Å². The van der Waals surface area contributed by atoms with Gasteiger partial charge < -0.3 is 64.8 Å². The first-order valence-electron chi connectivity index (χ1n) is 20.9. The van der Waals surface area contributed by atoms with Crippen LogP contribution in [0.15, 0.2) is 42.7 Å². The standard InChI is InChI=1S/C42H53F3N10O9/c1-6-33(56)51-27-17-28(36(35(27)57)64-39(58)42(43,44)45)55-21-48-34-37(52-40(53-38(34)55)54-14-12-25(20-54)50-41(59)49-24-11-13-46-18-24)47-19-26(22-7-9-29(60-2)31(15-22)62-4)23-8-10-30(61-3)32(16-23)63-5/h7-10,15-16,21,24-28,35-36,46,57H,6,11-14,17-20H2,1-5H3,(H,51,56)(H,47,52,53)(H2,49,50,59)/t24-,25-,27+,28-,35-,36+/m1/s1. The van der Waals surface area contributed by atoms with E-state index in [1.54, 1.807) is 33.3 Å². The summed E-state index contributed by atoms with van der Waals surface area (Å²) in [6, 6.07) is 8.33. The average molecular weight is 899 g/mol. The van der Waals surface area contributed by atoms with Crippen LogP contribution < -0.4 is 50.4 Å². The Kier molecular flexibility index (Phi) is 14.0. The van der Waals surface area contributed by atoms with Crippen LogP contribution in [-0.2, 0) is 14.3 Å². The van der Waals surface area contributed by atoms with E-state index in [1.807, 2.05) is 29.2 Å². The van der Waals surface area contributed by atoms with Crippen molar-refractivity contribution in [1.82, 2.24) is 40.8 Å². The van der Waals surface area contributed by atoms with E-state index in [0.717, 1.165) is 24.1 Å². The summed E-state index contributed by atoms with van der Waals surface area (Å²) in [4.78, 5) is 54.0. The SMILES string of the molecule is CCC(=O)N[C@H]1C[C@@H](n2cnc3c(NCC(c4ccc(OC)c(OC)c4)c4ccc(OC)c(OC)c4)nc(N4CC[C@@H](NC(=O)N[C@@H]5CCNC5)C4)nc32)[C@H](OC(=O)C(F)(F)F)[C@@H]1O. The largest absolute Gasteiger partial charge is 0.493 e. The van der Waals surface area contributed by atoms with Crippen molar-refractivity contribution in [3.8, 4) is 23.0 Å². The highest BCUT2D eigenvalue weighted by Gasteiger charge is 2.51. The maximum atomic E-state index is 13.6. The predicted octanol–water partition coefficient (Wildman–Crippen LogP) is 3.02. The van der Waals surface area contributed by atoms with Gasteiger partial charge in [0.15, 0.2) is 46.1 Å². The number of alkyl halides is 3. The van der Waals surface area contributed by atoms with E-state index in [4.69, 9.17) is 33.7 Å². The van der Waals surface area contributed by atoms with Crippen molar-refractivity contribution in [2.45, 2.75) is 81.1 Å². The van der Waals surface area contributed by atoms with Gasteiger partial charge in [-0.25, -0.2) is 14.6 Å². The molecule has 64 heavy (non-hydrogen) atoms. The molecule has 2 aromatic heterocycles. The molecule has 2 aliphatic heterocycles. The van der Waals surface area contributed by atoms with Crippen LogP contribution in [0.5, 0.6) is 23.0 Å². The molecule has 4 heterocycles. The number of hydrogen-bond acceptors (Lipinski definition) is 15. The number of nitrogens with zero attached hydrogens (tertiary/aromatic N) is 5. The number of aliphatic hydroxyl groups is 1. The van der Waals surface area contributed by atoms with E-state index in [2.05, 4.69) is 31.6 Å². The van der Waals surface area contributed by atoms with Crippen molar-refractivity contribution in [1.29, 1.82) is 0 Å². The minimum absolute atomic E-state index is 0.0159. The number of benzene rings is 2. The number of carbonyl (C=O) groups is 3. The third-order valence-corrected chi connectivity index (χ3v) is 11.8. The maximum absolute atomic E-state index is 13.6. The number of methoxy groups -OCH3 is 4. The highest BCUT2D eigenvalue weighted by atomic mass is 19.4. The van der Waals surface area contributed by atoms with Gasteiger partial charge in [0.1, 0.15) is 6.10 Å². The number of aliphatic hydroxyl groups excluding tert-OH is 1. The Labute approximate surface area is 366 Å². The second-order valence-electron chi connectivity index (χ2n) is 15.8. The summed E-state index contributed by atoms with van der Waals surface area (Å²) in [5.41, 5.74) is 2.01. The molecule has 346 valence electrons. The molecule has 0 radical (unpaired) electrons. The zero-order chi connectivity index (χ0) is 45.7. The number of halogens is 3. The summed E-state index contributed by atoms with van der Waals surface area (Å²) in [5.74, 6) is -0.839. The smallest absolute Gasteiger partial charge is 0.490 e. The zero-order valence-electron chi connectivity index (χ0n) is 36.0. The molecule has 22 heteroatoms. The molecule has 0 unspecified atom stereocenters. The van der Waals surface area contributed by atoms with Crippen LogP contribution in [0.25, 0.3) is 11.2 Å². The van der Waals surface area contributed by atoms with Crippen LogP contribution in [0.1, 0.15) is 55.7 Å². The number of amides is 3. The number of esters is 1. The van der Waals surface area contributed by atoms with Crippen molar-refractivity contribution >= 4 is 40.8 Å². The van der Waals surface area contributed by atoms with Gasteiger partial charge in [-0.3, -0.25) is 4.79 Å². The number of hydrogen-bond donors (Lipinski definition) is 6. The Hall–Kier alpha value is -6.29. The lowest BCUT2D eigenvalue weighted by molar-refractivity contribution is -0.209. The van der Waals surface area contributed by atoms with Gasteiger partial charge in [-0.1, -0.05) is 19.1 Å². The summed E-state index contributed by atoms with van der Waals surface area (Å²) < 4.78 is 69.6. The fourth-order valence-corrected chi connectivity index (χ4v) is 8.48. The van der Waals surface area contributed by atoms with Crippen LogP contribution in [0.3, 0.4) is 0 Å². The minimum Gasteiger partial charge on any atom is -0.493 e. The lowest BCUT2D eigenvalue weighted by Crippen LogP contribution is -2.47. The molecule has 2 saturated heterocycles. The first-order valence-corrected chi connectivity index (χ1v) is 20.9. The van der Waals surface area contributed by atoms with E-state index >= 15 is 0 Å². The van der Waals surface area contributed by atoms with Crippen LogP contribution >= 0.6 is 0 Å². The Balaban J connectivity index is 1.28. The van der Waals surface area contributed by atoms with Crippen molar-refractivity contribution in [2.75, 3.05) is 71.4 Å². The highest BCUT2D eigenvalue weighted by Crippen LogP contribution is 2.40. The number of ether oxygens (including phenoxy) is 5. The number of rotatable bonds is 16. The average Bonchev–Trinajstić information content (AvgIpc) is 4.12. The molecule has 19 nitrogen and oxygen atoms in total. The quantitative estimate of drug-likeness (QED) is 0.0890. The minimum atomic E-state index is -5.36. The summed E-state index contributed by atoms with van der Waals surface area (Å²) in [7, 11) is 6.16. The summed E-state index contributed by atoms with van der Waals surface area (Å²) in [6.07, 6.45) is -6.19. The summed E-state index contributed by atoms with van der Waals surface area (Å²) in [5, 5.41) is 26.7. The Bertz CT molecular complexity index is 2250. The van der Waals surface area contributed by atoms with Gasteiger partial charge in [0.2, 0.25) is 11.9 Å². The van der Waals surface area contributed by atoms with Crippen molar-refractivity contribution < 1.29 is 56.3 Å². The van der Waals surface area contributed by atoms with Gasteiger partial charge in [0, 0.05) is 50.6 Å². The topological polar surface area (TPSA) is 225 Å². The molecular formula is C42H53F3N10O9. The Morgan fingerprint density at radius 2 is 1.56 bits per heavy atom. The van der Waals surface area contributed by atoms with Gasteiger partial charge in [-0.05, 0) is 61.2 Å². The molecule has 3 amide bonds. The number of carbonyl (C=O) groups excluding carboxylic acids is 3. The van der Waals surface area contributed by atoms with E-state index in [9.17, 15) is 32.7 Å². The van der Waals surface area contributed by atoms with Crippen molar-refractivity contribution in [3.05, 3.63) is 53.9 Å². The van der Waals surface area contributed by atoms with E-state index in [1.165, 1.54) is 25.1 Å². The summed E-state index contributed by atoms with van der Waals surface area (Å²) >= 11 is 0. The van der Waals surface area contributed by atoms with Gasteiger partial charge in [0.25, 0.3) is 0 Å². The number of nitrogens with one attached hydrogen (secondary N) is 5. The molecule has 0 bridgehead atoms. The van der Waals surface area contributed by atoms with Gasteiger partial charge in [-0.2, -0.15) is 23.1 Å². The van der Waals surface area contributed by atoms with Crippen molar-refractivity contribution in [2.24, 2.45) is 0 Å². The zero-order valence-corrected chi connectivity index (χ0v) is 36.0. The molecule has 1 aliphatic carbocycles. The highest BCUT2D eigenvalue weighted by molar-refractivity contribution is 5.85. The van der Waals surface area contributed by atoms with Gasteiger partial charge >= 0.3 is 18.2 Å². The third kappa shape index (κ3) is 9.91. The molecular weight excluding hydrogens is 846 g/mol. The van der Waals surface area contributed by atoms with Crippen molar-refractivity contribution in [3.63, 3.8) is 0 Å². The molecule has 2 aromatic carbocycles. The number of fused-ring (bicyclic) bond motifs is 1. The second-order valence-corrected chi connectivity index (χ2v) is 15.8. The molecule has 6 N–H and O–H groups in total. The fraction of sp³-hybridized carbons (Fsp3) is 0.524. The molecule has 3 aliphatic rings. The number of urea groups is 1. The molecule has 7 rings (SSSR count). The molecule has 6 atom stereocenters. The third-order valence-electron chi connectivity index (χ3n) is 11.8. The predicted molar refractivity (Wildman–Crippen MR) is 226 cm³/mol. The fourth-order valence-electron chi connectivity index (χ4n) is 8.48. The normalized spacial score (nSPS) is 22.1. The number of aromatic nitrogens is 4. The maximum Gasteiger partial charge on any atom is 0.490 e. The van der Waals surface area contributed by atoms with E-state index < -0.39 is 48.3 Å².